The maximum Gasteiger partial charge on any atom is 0.164 e. The fourth-order valence-electron chi connectivity index (χ4n) is 2.72. The van der Waals surface area contributed by atoms with Crippen LogP contribution in [-0.4, -0.2) is 6.10 Å². The highest BCUT2D eigenvalue weighted by molar-refractivity contribution is 5.48. The van der Waals surface area contributed by atoms with Crippen LogP contribution in [0.3, 0.4) is 0 Å². The van der Waals surface area contributed by atoms with E-state index in [0.717, 1.165) is 35.5 Å². The monoisotopic (exact) mass is 281 g/mol. The summed E-state index contributed by atoms with van der Waals surface area (Å²) < 4.78 is 12.1. The largest absolute Gasteiger partial charge is 0.486 e. The second-order valence-electron chi connectivity index (χ2n) is 5.54. The molecule has 0 N–H and O–H groups in total. The van der Waals surface area contributed by atoms with Crippen molar-refractivity contribution in [2.75, 3.05) is 0 Å². The lowest BCUT2D eigenvalue weighted by atomic mass is 10.2. The van der Waals surface area contributed by atoms with Crippen LogP contribution in [0.4, 0.5) is 0 Å². The number of ether oxygens (including phenoxy) is 2. The van der Waals surface area contributed by atoms with Crippen LogP contribution < -0.4 is 9.47 Å². The van der Waals surface area contributed by atoms with Gasteiger partial charge in [-0.3, -0.25) is 0 Å². The SMILES string of the molecule is [CH2]c1cccc(OCc2ccccc2)c1OC1CCCC1. The van der Waals surface area contributed by atoms with E-state index in [0.29, 0.717) is 12.7 Å². The smallest absolute Gasteiger partial charge is 0.164 e. The number of hydrogen-bond donors (Lipinski definition) is 0. The topological polar surface area (TPSA) is 18.5 Å². The average molecular weight is 281 g/mol. The Bertz CT molecular complexity index is 571. The lowest BCUT2D eigenvalue weighted by Gasteiger charge is -2.18. The van der Waals surface area contributed by atoms with Crippen molar-refractivity contribution in [3.63, 3.8) is 0 Å². The molecule has 1 aliphatic rings. The summed E-state index contributed by atoms with van der Waals surface area (Å²) in [4.78, 5) is 0. The maximum absolute atomic E-state index is 6.14. The maximum atomic E-state index is 6.14. The molecule has 0 aliphatic heterocycles. The minimum Gasteiger partial charge on any atom is -0.486 e. The van der Waals surface area contributed by atoms with E-state index >= 15 is 0 Å². The average Bonchev–Trinajstić information content (AvgIpc) is 3.02. The molecule has 1 radical (unpaired) electrons. The van der Waals surface area contributed by atoms with Gasteiger partial charge in [-0.2, -0.15) is 0 Å². The summed E-state index contributed by atoms with van der Waals surface area (Å²) in [6.45, 7) is 4.62. The highest BCUT2D eigenvalue weighted by Gasteiger charge is 2.19. The number of rotatable bonds is 5. The molecule has 0 aromatic heterocycles. The van der Waals surface area contributed by atoms with Crippen LogP contribution >= 0.6 is 0 Å². The molecule has 0 unspecified atom stereocenters. The summed E-state index contributed by atoms with van der Waals surface area (Å²) in [5.74, 6) is 1.60. The van der Waals surface area contributed by atoms with Crippen LogP contribution in [0.25, 0.3) is 0 Å². The first-order valence-corrected chi connectivity index (χ1v) is 7.61. The predicted octanol–water partition coefficient (Wildman–Crippen LogP) is 4.77. The van der Waals surface area contributed by atoms with E-state index in [4.69, 9.17) is 9.47 Å². The molecule has 0 spiro atoms. The highest BCUT2D eigenvalue weighted by atomic mass is 16.5. The Kier molecular flexibility index (Phi) is 4.44. The molecule has 2 nitrogen and oxygen atoms in total. The summed E-state index contributed by atoms with van der Waals surface area (Å²) in [6.07, 6.45) is 5.08. The molecule has 0 heterocycles. The molecular weight excluding hydrogens is 260 g/mol. The molecule has 109 valence electrons. The first-order chi connectivity index (χ1) is 10.3. The third kappa shape index (κ3) is 3.57. The third-order valence-corrected chi connectivity index (χ3v) is 3.88. The summed E-state index contributed by atoms with van der Waals surface area (Å²) in [5.41, 5.74) is 2.05. The van der Waals surface area contributed by atoms with E-state index in [2.05, 4.69) is 19.1 Å². The van der Waals surface area contributed by atoms with Gasteiger partial charge in [-0.15, -0.1) is 0 Å². The third-order valence-electron chi connectivity index (χ3n) is 3.88. The van der Waals surface area contributed by atoms with E-state index < -0.39 is 0 Å². The van der Waals surface area contributed by atoms with Gasteiger partial charge >= 0.3 is 0 Å². The van der Waals surface area contributed by atoms with E-state index in [1.807, 2.05) is 36.4 Å². The molecule has 0 bridgehead atoms. The Hall–Kier alpha value is -1.96. The Morgan fingerprint density at radius 3 is 2.48 bits per heavy atom. The number of benzene rings is 2. The van der Waals surface area contributed by atoms with Gasteiger partial charge in [0.1, 0.15) is 6.61 Å². The van der Waals surface area contributed by atoms with Gasteiger partial charge in [0.05, 0.1) is 6.10 Å². The van der Waals surface area contributed by atoms with E-state index in [9.17, 15) is 0 Å². The molecule has 1 aliphatic carbocycles. The molecule has 1 saturated carbocycles. The minimum absolute atomic E-state index is 0.312. The van der Waals surface area contributed by atoms with E-state index in [1.165, 1.54) is 12.8 Å². The molecule has 21 heavy (non-hydrogen) atoms. The van der Waals surface area contributed by atoms with Crippen LogP contribution in [-0.2, 0) is 6.61 Å². The van der Waals surface area contributed by atoms with Crippen molar-refractivity contribution < 1.29 is 9.47 Å². The molecule has 0 saturated heterocycles. The van der Waals surface area contributed by atoms with Gasteiger partial charge in [0.15, 0.2) is 11.5 Å². The first kappa shape index (κ1) is 14.0. The Balaban J connectivity index is 1.73. The van der Waals surface area contributed by atoms with Crippen LogP contribution in [0.2, 0.25) is 0 Å². The van der Waals surface area contributed by atoms with Crippen LogP contribution in [0, 0.1) is 6.92 Å². The zero-order chi connectivity index (χ0) is 14.5. The second kappa shape index (κ2) is 6.66. The van der Waals surface area contributed by atoms with Crippen molar-refractivity contribution in [2.45, 2.75) is 38.4 Å². The van der Waals surface area contributed by atoms with E-state index in [-0.39, 0.29) is 0 Å². The summed E-state index contributed by atoms with van der Waals surface area (Å²) in [5, 5.41) is 0. The molecule has 0 atom stereocenters. The Morgan fingerprint density at radius 1 is 0.952 bits per heavy atom. The quantitative estimate of drug-likeness (QED) is 0.786. The van der Waals surface area contributed by atoms with Crippen molar-refractivity contribution in [1.29, 1.82) is 0 Å². The van der Waals surface area contributed by atoms with Crippen molar-refractivity contribution >= 4 is 0 Å². The zero-order valence-corrected chi connectivity index (χ0v) is 12.3. The number of hydrogen-bond acceptors (Lipinski definition) is 2. The van der Waals surface area contributed by atoms with Crippen molar-refractivity contribution in [1.82, 2.24) is 0 Å². The summed E-state index contributed by atoms with van der Waals surface area (Å²) >= 11 is 0. The lowest BCUT2D eigenvalue weighted by Crippen LogP contribution is -2.12. The lowest BCUT2D eigenvalue weighted by molar-refractivity contribution is 0.192. The minimum atomic E-state index is 0.312. The van der Waals surface area contributed by atoms with Gasteiger partial charge in [0.2, 0.25) is 0 Å². The molecule has 0 amide bonds. The van der Waals surface area contributed by atoms with Crippen LogP contribution in [0.1, 0.15) is 36.8 Å². The fraction of sp³-hybridized carbons (Fsp3) is 0.316. The van der Waals surface area contributed by atoms with Gasteiger partial charge in [0.25, 0.3) is 0 Å². The second-order valence-corrected chi connectivity index (χ2v) is 5.54. The van der Waals surface area contributed by atoms with Crippen molar-refractivity contribution in [2.24, 2.45) is 0 Å². The standard InChI is InChI=1S/C19H21O2/c1-15-8-7-13-18(19(15)21-17-11-5-6-12-17)20-14-16-9-3-2-4-10-16/h2-4,7-10,13,17H,1,5-6,11-12,14H2. The van der Waals surface area contributed by atoms with E-state index in [1.54, 1.807) is 0 Å². The van der Waals surface area contributed by atoms with Gasteiger partial charge in [-0.05, 0) is 49.8 Å². The van der Waals surface area contributed by atoms with Crippen LogP contribution in [0.15, 0.2) is 48.5 Å². The number of para-hydroxylation sites is 1. The van der Waals surface area contributed by atoms with Gasteiger partial charge in [-0.1, -0.05) is 42.5 Å². The molecule has 2 aromatic rings. The predicted molar refractivity (Wildman–Crippen MR) is 84.6 cm³/mol. The molecule has 1 fully saturated rings. The van der Waals surface area contributed by atoms with Gasteiger partial charge in [0, 0.05) is 0 Å². The first-order valence-electron chi connectivity index (χ1n) is 7.61. The summed E-state index contributed by atoms with van der Waals surface area (Å²) in [7, 11) is 0. The molecular formula is C19H21O2. The zero-order valence-electron chi connectivity index (χ0n) is 12.3. The Morgan fingerprint density at radius 2 is 1.71 bits per heavy atom. The Labute approximate surface area is 126 Å². The van der Waals surface area contributed by atoms with Crippen molar-refractivity contribution in [3.8, 4) is 11.5 Å². The molecule has 2 aromatic carbocycles. The normalized spacial score (nSPS) is 15.1. The van der Waals surface area contributed by atoms with Gasteiger partial charge < -0.3 is 9.47 Å². The van der Waals surface area contributed by atoms with Crippen LogP contribution in [0.5, 0.6) is 11.5 Å². The van der Waals surface area contributed by atoms with Crippen molar-refractivity contribution in [3.05, 3.63) is 66.6 Å². The molecule has 3 rings (SSSR count). The fourth-order valence-corrected chi connectivity index (χ4v) is 2.72. The molecule has 2 heteroatoms. The van der Waals surface area contributed by atoms with Gasteiger partial charge in [-0.25, -0.2) is 0 Å². The highest BCUT2D eigenvalue weighted by Crippen LogP contribution is 2.34. The summed E-state index contributed by atoms with van der Waals surface area (Å²) in [6, 6.07) is 16.1.